The average Bonchev–Trinajstić information content (AvgIpc) is 2.90. The van der Waals surface area contributed by atoms with Gasteiger partial charge in [-0.25, -0.2) is 9.18 Å². The van der Waals surface area contributed by atoms with Gasteiger partial charge in [0.2, 0.25) is 11.5 Å². The first-order chi connectivity index (χ1) is 9.97. The number of carboxylic acid groups (broad SMARTS) is 1. The lowest BCUT2D eigenvalue weighted by molar-refractivity contribution is -0.135. The van der Waals surface area contributed by atoms with Crippen LogP contribution in [0.3, 0.4) is 0 Å². The first kappa shape index (κ1) is 14.5. The summed E-state index contributed by atoms with van der Waals surface area (Å²) in [5, 5.41) is 17.5. The number of hydrogen-bond donors (Lipinski definition) is 2. The van der Waals surface area contributed by atoms with Gasteiger partial charge in [0.05, 0.1) is 0 Å². The molecule has 6 heteroatoms. The Balaban J connectivity index is 2.15. The second-order valence-electron chi connectivity index (χ2n) is 4.23. The van der Waals surface area contributed by atoms with Crippen LogP contribution >= 0.6 is 0 Å². The van der Waals surface area contributed by atoms with E-state index in [2.05, 4.69) is 0 Å². The zero-order valence-corrected chi connectivity index (χ0v) is 10.7. The van der Waals surface area contributed by atoms with E-state index in [1.165, 1.54) is 18.2 Å². The Hall–Kier alpha value is -2.89. The summed E-state index contributed by atoms with van der Waals surface area (Å²) in [7, 11) is 0. The number of carbonyl (C=O) groups excluding carboxylic acids is 1. The molecule has 0 aliphatic rings. The van der Waals surface area contributed by atoms with Gasteiger partial charge in [-0.1, -0.05) is 18.2 Å². The highest BCUT2D eigenvalue weighted by molar-refractivity contribution is 6.06. The van der Waals surface area contributed by atoms with Crippen molar-refractivity contribution in [3.8, 4) is 0 Å². The van der Waals surface area contributed by atoms with Crippen molar-refractivity contribution < 1.29 is 28.6 Å². The number of halogens is 1. The summed E-state index contributed by atoms with van der Waals surface area (Å²) in [6, 6.07) is 8.99. The summed E-state index contributed by atoms with van der Waals surface area (Å²) in [5.74, 6) is -3.63. The largest absolute Gasteiger partial charge is 0.502 e. The fourth-order valence-corrected chi connectivity index (χ4v) is 1.69. The van der Waals surface area contributed by atoms with Crippen LogP contribution in [0.5, 0.6) is 0 Å². The predicted molar refractivity (Wildman–Crippen MR) is 70.6 cm³/mol. The summed E-state index contributed by atoms with van der Waals surface area (Å²) in [5.41, 5.74) is 0.412. The number of aliphatic hydroxyl groups excluding tert-OH is 1. The molecule has 2 rings (SSSR count). The predicted octanol–water partition coefficient (Wildman–Crippen LogP) is 2.72. The number of aliphatic hydroxyl groups is 1. The van der Waals surface area contributed by atoms with E-state index in [1.807, 2.05) is 0 Å². The second kappa shape index (κ2) is 6.04. The molecule has 0 spiro atoms. The average molecular weight is 290 g/mol. The molecule has 0 bridgehead atoms. The summed E-state index contributed by atoms with van der Waals surface area (Å²) in [4.78, 5) is 22.0. The number of carbonyl (C=O) groups is 2. The maximum atomic E-state index is 13.5. The maximum Gasteiger partial charge on any atom is 0.371 e. The van der Waals surface area contributed by atoms with E-state index in [4.69, 9.17) is 14.6 Å². The molecule has 0 aliphatic heterocycles. The van der Waals surface area contributed by atoms with Crippen molar-refractivity contribution in [3.63, 3.8) is 0 Å². The van der Waals surface area contributed by atoms with Gasteiger partial charge >= 0.3 is 5.97 Å². The summed E-state index contributed by atoms with van der Waals surface area (Å²) < 4.78 is 18.7. The van der Waals surface area contributed by atoms with Crippen molar-refractivity contribution in [2.24, 2.45) is 0 Å². The standard InChI is InChI=1S/C15H11FO5/c16-11-4-2-1-3-9(11)7-10-5-6-14(21-10)12(17)8-13(18)15(19)20/h1-6,8,18H,7H2,(H,19,20). The van der Waals surface area contributed by atoms with Crippen LogP contribution < -0.4 is 0 Å². The van der Waals surface area contributed by atoms with Crippen LogP contribution in [0.25, 0.3) is 0 Å². The molecule has 2 N–H and O–H groups in total. The quantitative estimate of drug-likeness (QED) is 0.502. The third kappa shape index (κ3) is 3.56. The Morgan fingerprint density at radius 3 is 2.52 bits per heavy atom. The van der Waals surface area contributed by atoms with Gasteiger partial charge in [0.15, 0.2) is 5.76 Å². The van der Waals surface area contributed by atoms with E-state index < -0.39 is 17.5 Å². The van der Waals surface area contributed by atoms with Crippen LogP contribution in [0.2, 0.25) is 0 Å². The molecule has 0 aliphatic carbocycles. The molecule has 108 valence electrons. The molecule has 0 radical (unpaired) electrons. The number of ketones is 1. The molecule has 1 aromatic carbocycles. The van der Waals surface area contributed by atoms with Crippen molar-refractivity contribution in [3.05, 3.63) is 71.1 Å². The molecule has 21 heavy (non-hydrogen) atoms. The van der Waals surface area contributed by atoms with Crippen LogP contribution in [0.4, 0.5) is 4.39 Å². The van der Waals surface area contributed by atoms with Crippen LogP contribution in [0.15, 0.2) is 52.7 Å². The Kier molecular flexibility index (Phi) is 4.18. The molecule has 5 nitrogen and oxygen atoms in total. The van der Waals surface area contributed by atoms with Gasteiger partial charge in [0, 0.05) is 12.5 Å². The first-order valence-corrected chi connectivity index (χ1v) is 5.98. The zero-order valence-electron chi connectivity index (χ0n) is 10.7. The number of benzene rings is 1. The summed E-state index contributed by atoms with van der Waals surface area (Å²) >= 11 is 0. The number of hydrogen-bond acceptors (Lipinski definition) is 4. The van der Waals surface area contributed by atoms with Gasteiger partial charge in [-0.05, 0) is 23.8 Å². The number of aliphatic carboxylic acids is 1. The number of furan rings is 1. The molecular formula is C15H11FO5. The van der Waals surface area contributed by atoms with Crippen LogP contribution in [0.1, 0.15) is 21.9 Å². The van der Waals surface area contributed by atoms with Gasteiger partial charge in [0.25, 0.3) is 0 Å². The molecule has 0 amide bonds. The SMILES string of the molecule is O=C(O)C(O)=CC(=O)c1ccc(Cc2ccccc2F)o1. The highest BCUT2D eigenvalue weighted by Crippen LogP contribution is 2.16. The monoisotopic (exact) mass is 290 g/mol. The molecular weight excluding hydrogens is 279 g/mol. The van der Waals surface area contributed by atoms with Crippen LogP contribution in [0, 0.1) is 5.82 Å². The van der Waals surface area contributed by atoms with Crippen molar-refractivity contribution in [1.29, 1.82) is 0 Å². The number of allylic oxidation sites excluding steroid dienone is 1. The summed E-state index contributed by atoms with van der Waals surface area (Å²) in [6.07, 6.45) is 0.711. The Bertz CT molecular complexity index is 714. The van der Waals surface area contributed by atoms with E-state index in [0.717, 1.165) is 0 Å². The van der Waals surface area contributed by atoms with Crippen LogP contribution in [-0.4, -0.2) is 22.0 Å². The third-order valence-electron chi connectivity index (χ3n) is 2.71. The molecule has 0 unspecified atom stereocenters. The minimum absolute atomic E-state index is 0.130. The highest BCUT2D eigenvalue weighted by atomic mass is 19.1. The van der Waals surface area contributed by atoms with E-state index in [0.29, 0.717) is 17.4 Å². The van der Waals surface area contributed by atoms with Gasteiger partial charge in [-0.2, -0.15) is 0 Å². The van der Waals surface area contributed by atoms with Crippen molar-refractivity contribution in [2.75, 3.05) is 0 Å². The zero-order chi connectivity index (χ0) is 15.4. The van der Waals surface area contributed by atoms with E-state index in [1.54, 1.807) is 18.2 Å². The first-order valence-electron chi connectivity index (χ1n) is 5.98. The molecule has 0 saturated heterocycles. The topological polar surface area (TPSA) is 87.7 Å². The van der Waals surface area contributed by atoms with Gasteiger partial charge in [-0.3, -0.25) is 4.79 Å². The third-order valence-corrected chi connectivity index (χ3v) is 2.71. The minimum atomic E-state index is -1.61. The normalized spacial score (nSPS) is 11.4. The molecule has 1 aromatic heterocycles. The van der Waals surface area contributed by atoms with Crippen molar-refractivity contribution >= 4 is 11.8 Å². The van der Waals surface area contributed by atoms with E-state index in [-0.39, 0.29) is 18.0 Å². The maximum absolute atomic E-state index is 13.5. The van der Waals surface area contributed by atoms with E-state index in [9.17, 15) is 14.0 Å². The molecule has 2 aromatic rings. The Morgan fingerprint density at radius 1 is 1.14 bits per heavy atom. The van der Waals surface area contributed by atoms with Gasteiger partial charge < -0.3 is 14.6 Å². The fraction of sp³-hybridized carbons (Fsp3) is 0.0667. The van der Waals surface area contributed by atoms with Gasteiger partial charge in [-0.15, -0.1) is 0 Å². The van der Waals surface area contributed by atoms with Crippen LogP contribution in [-0.2, 0) is 11.2 Å². The summed E-state index contributed by atoms with van der Waals surface area (Å²) in [6.45, 7) is 0. The number of carboxylic acids is 1. The smallest absolute Gasteiger partial charge is 0.371 e. The van der Waals surface area contributed by atoms with Crippen molar-refractivity contribution in [2.45, 2.75) is 6.42 Å². The molecule has 0 atom stereocenters. The molecule has 0 saturated carbocycles. The Morgan fingerprint density at radius 2 is 1.86 bits per heavy atom. The molecule has 0 fully saturated rings. The number of rotatable bonds is 5. The lowest BCUT2D eigenvalue weighted by Gasteiger charge is -1.99. The van der Waals surface area contributed by atoms with E-state index >= 15 is 0 Å². The minimum Gasteiger partial charge on any atom is -0.502 e. The highest BCUT2D eigenvalue weighted by Gasteiger charge is 2.14. The second-order valence-corrected chi connectivity index (χ2v) is 4.23. The Labute approximate surface area is 118 Å². The fourth-order valence-electron chi connectivity index (χ4n) is 1.69. The lowest BCUT2D eigenvalue weighted by Crippen LogP contribution is -2.03. The lowest BCUT2D eigenvalue weighted by atomic mass is 10.1. The van der Waals surface area contributed by atoms with Gasteiger partial charge in [0.1, 0.15) is 11.6 Å². The molecule has 1 heterocycles. The van der Waals surface area contributed by atoms with Crippen molar-refractivity contribution in [1.82, 2.24) is 0 Å².